The fourth-order valence-corrected chi connectivity index (χ4v) is 2.99. The number of benzene rings is 1. The predicted octanol–water partition coefficient (Wildman–Crippen LogP) is 2.14. The zero-order valence-electron chi connectivity index (χ0n) is 14.8. The molecule has 0 bridgehead atoms. The highest BCUT2D eigenvalue weighted by molar-refractivity contribution is 5.84. The second-order valence-electron chi connectivity index (χ2n) is 6.29. The van der Waals surface area contributed by atoms with E-state index < -0.39 is 17.9 Å². The Labute approximate surface area is 159 Å². The molecule has 2 N–H and O–H groups in total. The van der Waals surface area contributed by atoms with Crippen molar-refractivity contribution in [3.05, 3.63) is 53.6 Å². The molecule has 1 aliphatic rings. The van der Waals surface area contributed by atoms with Gasteiger partial charge in [-0.05, 0) is 35.4 Å². The molecule has 3 aromatic rings. The first-order valence-corrected chi connectivity index (χ1v) is 8.74. The van der Waals surface area contributed by atoms with E-state index in [9.17, 15) is 14.7 Å². The Morgan fingerprint density at radius 2 is 2.18 bits per heavy atom. The lowest BCUT2D eigenvalue weighted by Crippen LogP contribution is -2.33. The number of nitrogens with zero attached hydrogens (tertiary/aromatic N) is 2. The molecular weight excluding hydrogens is 366 g/mol. The largest absolute Gasteiger partial charge is 0.493 e. The highest BCUT2D eigenvalue weighted by Crippen LogP contribution is 2.28. The first-order valence-electron chi connectivity index (χ1n) is 8.74. The molecule has 0 radical (unpaired) electrons. The third kappa shape index (κ3) is 3.73. The van der Waals surface area contributed by atoms with Crippen LogP contribution in [0.3, 0.4) is 0 Å². The number of fused-ring (bicyclic) bond motifs is 1. The van der Waals surface area contributed by atoms with Crippen LogP contribution in [-0.4, -0.2) is 33.7 Å². The maximum Gasteiger partial charge on any atom is 0.330 e. The molecule has 9 heteroatoms. The Morgan fingerprint density at radius 1 is 1.29 bits per heavy atom. The van der Waals surface area contributed by atoms with Gasteiger partial charge in [-0.15, -0.1) is 0 Å². The maximum atomic E-state index is 12.3. The summed E-state index contributed by atoms with van der Waals surface area (Å²) in [6.07, 6.45) is 2.41. The summed E-state index contributed by atoms with van der Waals surface area (Å²) >= 11 is 0. The minimum atomic E-state index is -1.14. The van der Waals surface area contributed by atoms with Crippen LogP contribution in [0.4, 0.5) is 0 Å². The van der Waals surface area contributed by atoms with Gasteiger partial charge in [-0.25, -0.2) is 4.79 Å². The van der Waals surface area contributed by atoms with E-state index in [1.54, 1.807) is 30.3 Å². The number of amides is 1. The number of nitrogens with one attached hydrogen (secondary N) is 1. The summed E-state index contributed by atoms with van der Waals surface area (Å²) in [6, 6.07) is 7.40. The second-order valence-corrected chi connectivity index (χ2v) is 6.29. The highest BCUT2D eigenvalue weighted by Gasteiger charge is 2.24. The summed E-state index contributed by atoms with van der Waals surface area (Å²) in [5, 5.41) is 15.9. The van der Waals surface area contributed by atoms with E-state index in [1.165, 1.54) is 6.26 Å². The summed E-state index contributed by atoms with van der Waals surface area (Å²) in [5.74, 6) is 0.216. The molecule has 1 unspecified atom stereocenters. The molecular formula is C19H17N3O6. The second kappa shape index (κ2) is 7.55. The van der Waals surface area contributed by atoms with Crippen molar-refractivity contribution in [2.45, 2.75) is 25.3 Å². The van der Waals surface area contributed by atoms with E-state index in [4.69, 9.17) is 13.7 Å². The van der Waals surface area contributed by atoms with E-state index in [0.29, 0.717) is 23.8 Å². The van der Waals surface area contributed by atoms with Gasteiger partial charge in [0.05, 0.1) is 12.9 Å². The fourth-order valence-electron chi connectivity index (χ4n) is 2.99. The first-order chi connectivity index (χ1) is 13.6. The van der Waals surface area contributed by atoms with Crippen LogP contribution < -0.4 is 10.1 Å². The van der Waals surface area contributed by atoms with Crippen LogP contribution in [0.25, 0.3) is 11.6 Å². The Bertz CT molecular complexity index is 995. The summed E-state index contributed by atoms with van der Waals surface area (Å²) < 4.78 is 15.7. The first kappa shape index (κ1) is 17.8. The number of ether oxygens (including phenoxy) is 1. The zero-order chi connectivity index (χ0) is 19.5. The van der Waals surface area contributed by atoms with Crippen molar-refractivity contribution in [1.29, 1.82) is 0 Å². The van der Waals surface area contributed by atoms with Crippen molar-refractivity contribution in [3.8, 4) is 17.3 Å². The van der Waals surface area contributed by atoms with Crippen LogP contribution in [-0.2, 0) is 22.4 Å². The number of carbonyl (C=O) groups is 2. The van der Waals surface area contributed by atoms with Gasteiger partial charge in [0.1, 0.15) is 5.75 Å². The number of aryl methyl sites for hydroxylation is 1. The van der Waals surface area contributed by atoms with Crippen molar-refractivity contribution in [2.75, 3.05) is 6.61 Å². The van der Waals surface area contributed by atoms with Gasteiger partial charge in [0, 0.05) is 19.3 Å². The third-order valence-corrected chi connectivity index (χ3v) is 4.37. The molecule has 0 saturated carbocycles. The molecule has 28 heavy (non-hydrogen) atoms. The Morgan fingerprint density at radius 3 is 2.96 bits per heavy atom. The van der Waals surface area contributed by atoms with Gasteiger partial charge >= 0.3 is 5.97 Å². The Kier molecular flexibility index (Phi) is 4.79. The molecule has 0 spiro atoms. The van der Waals surface area contributed by atoms with E-state index >= 15 is 0 Å². The smallest absolute Gasteiger partial charge is 0.330 e. The fraction of sp³-hybridized carbons (Fsp3) is 0.263. The minimum absolute atomic E-state index is 0.0115. The average molecular weight is 383 g/mol. The van der Waals surface area contributed by atoms with Gasteiger partial charge in [0.15, 0.2) is 11.8 Å². The quantitative estimate of drug-likeness (QED) is 0.635. The SMILES string of the molecule is O=C(CCc1nc(-c2ccco2)no1)NC(C(=O)O)c1ccc2c(c1)CCO2. The Hall–Kier alpha value is -3.62. The number of carboxylic acids is 1. The molecule has 1 aliphatic heterocycles. The summed E-state index contributed by atoms with van der Waals surface area (Å²) in [4.78, 5) is 28.1. The van der Waals surface area contributed by atoms with Crippen molar-refractivity contribution in [2.24, 2.45) is 0 Å². The molecule has 0 saturated heterocycles. The van der Waals surface area contributed by atoms with Crippen LogP contribution in [0, 0.1) is 0 Å². The van der Waals surface area contributed by atoms with Gasteiger partial charge in [0.2, 0.25) is 17.6 Å². The number of furan rings is 1. The van der Waals surface area contributed by atoms with Gasteiger partial charge in [0.25, 0.3) is 0 Å². The van der Waals surface area contributed by atoms with Crippen molar-refractivity contribution < 1.29 is 28.4 Å². The molecule has 3 heterocycles. The van der Waals surface area contributed by atoms with Crippen LogP contribution in [0.1, 0.15) is 29.5 Å². The van der Waals surface area contributed by atoms with Crippen molar-refractivity contribution in [1.82, 2.24) is 15.5 Å². The van der Waals surface area contributed by atoms with E-state index in [0.717, 1.165) is 17.7 Å². The van der Waals surface area contributed by atoms with E-state index in [1.807, 2.05) is 0 Å². The van der Waals surface area contributed by atoms with Crippen LogP contribution >= 0.6 is 0 Å². The molecule has 1 aromatic carbocycles. The summed E-state index contributed by atoms with van der Waals surface area (Å²) in [5.41, 5.74) is 1.44. The molecule has 1 atom stereocenters. The standard InChI is InChI=1S/C19H17N3O6/c23-15(5-6-16-21-18(22-28-16)14-2-1-8-26-14)20-17(19(24)25)12-3-4-13-11(10-12)7-9-27-13/h1-4,8,10,17H,5-7,9H2,(H,20,23)(H,24,25). The molecule has 144 valence electrons. The number of rotatable bonds is 7. The normalized spacial score (nSPS) is 13.6. The molecule has 0 fully saturated rings. The summed E-state index contributed by atoms with van der Waals surface area (Å²) in [7, 11) is 0. The zero-order valence-corrected chi connectivity index (χ0v) is 14.8. The van der Waals surface area contributed by atoms with Crippen LogP contribution in [0.5, 0.6) is 5.75 Å². The number of carboxylic acid groups (broad SMARTS) is 1. The van der Waals surface area contributed by atoms with Gasteiger partial charge in [-0.2, -0.15) is 4.98 Å². The van der Waals surface area contributed by atoms with Crippen molar-refractivity contribution >= 4 is 11.9 Å². The lowest BCUT2D eigenvalue weighted by atomic mass is 10.0. The summed E-state index contributed by atoms with van der Waals surface area (Å²) in [6.45, 7) is 0.576. The lowest BCUT2D eigenvalue weighted by Gasteiger charge is -2.15. The van der Waals surface area contributed by atoms with E-state index in [-0.39, 0.29) is 18.7 Å². The van der Waals surface area contributed by atoms with E-state index in [2.05, 4.69) is 15.5 Å². The molecule has 2 aromatic heterocycles. The monoisotopic (exact) mass is 383 g/mol. The number of aliphatic carboxylic acids is 1. The van der Waals surface area contributed by atoms with Gasteiger partial charge < -0.3 is 24.1 Å². The topological polar surface area (TPSA) is 128 Å². The number of carbonyl (C=O) groups excluding carboxylic acids is 1. The van der Waals surface area contributed by atoms with Gasteiger partial charge in [-0.1, -0.05) is 11.2 Å². The van der Waals surface area contributed by atoms with Gasteiger partial charge in [-0.3, -0.25) is 4.79 Å². The molecule has 9 nitrogen and oxygen atoms in total. The maximum absolute atomic E-state index is 12.3. The highest BCUT2D eigenvalue weighted by atomic mass is 16.5. The average Bonchev–Trinajstić information content (AvgIpc) is 3.44. The van der Waals surface area contributed by atoms with Crippen LogP contribution in [0.15, 0.2) is 45.5 Å². The molecule has 4 rings (SSSR count). The lowest BCUT2D eigenvalue weighted by molar-refractivity contribution is -0.142. The predicted molar refractivity (Wildman–Crippen MR) is 94.5 cm³/mol. The Balaban J connectivity index is 1.38. The van der Waals surface area contributed by atoms with Crippen molar-refractivity contribution in [3.63, 3.8) is 0 Å². The third-order valence-electron chi connectivity index (χ3n) is 4.37. The molecule has 0 aliphatic carbocycles. The number of aromatic nitrogens is 2. The van der Waals surface area contributed by atoms with Crippen LogP contribution in [0.2, 0.25) is 0 Å². The minimum Gasteiger partial charge on any atom is -0.493 e. The number of hydrogen-bond acceptors (Lipinski definition) is 7. The number of hydrogen-bond donors (Lipinski definition) is 2. The molecule has 1 amide bonds.